The van der Waals surface area contributed by atoms with Crippen LogP contribution in [0, 0.1) is 13.8 Å². The first-order valence-electron chi connectivity index (χ1n) is 8.97. The van der Waals surface area contributed by atoms with E-state index in [0.717, 1.165) is 21.6 Å². The zero-order valence-corrected chi connectivity index (χ0v) is 17.3. The summed E-state index contributed by atoms with van der Waals surface area (Å²) in [4.78, 5) is 29.3. The first kappa shape index (κ1) is 18.7. The van der Waals surface area contributed by atoms with Gasteiger partial charge in [-0.25, -0.2) is 4.90 Å². The molecule has 0 bridgehead atoms. The summed E-state index contributed by atoms with van der Waals surface area (Å²) in [5.41, 5.74) is 4.31. The average Bonchev–Trinajstić information content (AvgIpc) is 3.28. The summed E-state index contributed by atoms with van der Waals surface area (Å²) in [6, 6.07) is 19.6. The van der Waals surface area contributed by atoms with E-state index in [1.807, 2.05) is 79.9 Å². The van der Waals surface area contributed by atoms with Gasteiger partial charge < -0.3 is 0 Å². The number of nitrogens with zero attached hydrogens (tertiary/aromatic N) is 1. The van der Waals surface area contributed by atoms with Gasteiger partial charge in [-0.05, 0) is 42.5 Å². The maximum absolute atomic E-state index is 13.3. The van der Waals surface area contributed by atoms with Crippen LogP contribution in [0.4, 0.5) is 5.69 Å². The third-order valence-electron chi connectivity index (χ3n) is 4.63. The minimum absolute atomic E-state index is 0.235. The highest BCUT2D eigenvalue weighted by Gasteiger charge is 2.41. The first-order chi connectivity index (χ1) is 13.6. The molecular formula is C23H19NO2S2. The van der Waals surface area contributed by atoms with E-state index in [-0.39, 0.29) is 11.8 Å². The number of aryl methyl sites for hydroxylation is 2. The van der Waals surface area contributed by atoms with E-state index in [2.05, 4.69) is 0 Å². The Bertz CT molecular complexity index is 1070. The van der Waals surface area contributed by atoms with Gasteiger partial charge in [0.05, 0.1) is 16.2 Å². The summed E-state index contributed by atoms with van der Waals surface area (Å²) < 4.78 is 0. The molecule has 2 heterocycles. The maximum atomic E-state index is 13.3. The molecule has 0 unspecified atom stereocenters. The van der Waals surface area contributed by atoms with Crippen LogP contribution in [0.1, 0.15) is 21.6 Å². The van der Waals surface area contributed by atoms with Gasteiger partial charge in [-0.3, -0.25) is 9.59 Å². The molecule has 0 atom stereocenters. The van der Waals surface area contributed by atoms with Crippen LogP contribution in [0.3, 0.4) is 0 Å². The highest BCUT2D eigenvalue weighted by molar-refractivity contribution is 8.03. The molecule has 1 aromatic heterocycles. The van der Waals surface area contributed by atoms with Crippen molar-refractivity contribution in [3.8, 4) is 0 Å². The van der Waals surface area contributed by atoms with Crippen molar-refractivity contribution in [2.75, 3.05) is 4.90 Å². The van der Waals surface area contributed by atoms with Gasteiger partial charge in [-0.15, -0.1) is 23.1 Å². The fraction of sp³-hybridized carbons (Fsp3) is 0.130. The molecule has 28 heavy (non-hydrogen) atoms. The molecule has 4 rings (SSSR count). The topological polar surface area (TPSA) is 37.4 Å². The van der Waals surface area contributed by atoms with Crippen molar-refractivity contribution in [1.29, 1.82) is 0 Å². The van der Waals surface area contributed by atoms with Crippen LogP contribution in [0.2, 0.25) is 0 Å². The largest absolute Gasteiger partial charge is 0.272 e. The van der Waals surface area contributed by atoms with E-state index in [9.17, 15) is 9.59 Å². The number of hydrogen-bond donors (Lipinski definition) is 0. The number of carbonyl (C=O) groups excluding carboxylic acids is 2. The van der Waals surface area contributed by atoms with E-state index in [4.69, 9.17) is 0 Å². The Kier molecular flexibility index (Phi) is 5.20. The maximum Gasteiger partial charge on any atom is 0.272 e. The molecule has 1 aliphatic rings. The number of anilines is 1. The number of imide groups is 1. The summed E-state index contributed by atoms with van der Waals surface area (Å²) in [6.45, 7) is 3.93. The van der Waals surface area contributed by atoms with Crippen molar-refractivity contribution in [1.82, 2.24) is 0 Å². The molecule has 2 aromatic carbocycles. The normalized spacial score (nSPS) is 14.3. The van der Waals surface area contributed by atoms with Crippen LogP contribution in [0.25, 0.3) is 5.57 Å². The lowest BCUT2D eigenvalue weighted by Crippen LogP contribution is -2.31. The van der Waals surface area contributed by atoms with Crippen molar-refractivity contribution >= 4 is 46.2 Å². The Labute approximate surface area is 172 Å². The smallest absolute Gasteiger partial charge is 0.268 e. The lowest BCUT2D eigenvalue weighted by Gasteiger charge is -2.18. The average molecular weight is 406 g/mol. The van der Waals surface area contributed by atoms with E-state index < -0.39 is 0 Å². The molecule has 2 amide bonds. The fourth-order valence-electron chi connectivity index (χ4n) is 3.29. The van der Waals surface area contributed by atoms with Crippen molar-refractivity contribution in [2.45, 2.75) is 19.6 Å². The van der Waals surface area contributed by atoms with Gasteiger partial charge in [0.15, 0.2) is 0 Å². The number of carbonyl (C=O) groups is 2. The predicted octanol–water partition coefficient (Wildman–Crippen LogP) is 5.58. The van der Waals surface area contributed by atoms with Crippen molar-refractivity contribution in [3.05, 3.63) is 92.5 Å². The third-order valence-corrected chi connectivity index (χ3v) is 6.66. The van der Waals surface area contributed by atoms with Gasteiger partial charge in [0.2, 0.25) is 0 Å². The Hall–Kier alpha value is -2.63. The van der Waals surface area contributed by atoms with Gasteiger partial charge in [0, 0.05) is 10.6 Å². The summed E-state index contributed by atoms with van der Waals surface area (Å²) in [5.74, 6) is 0.168. The Morgan fingerprint density at radius 3 is 2.39 bits per heavy atom. The van der Waals surface area contributed by atoms with Crippen LogP contribution >= 0.6 is 23.1 Å². The second kappa shape index (κ2) is 7.78. The molecule has 3 aromatic rings. The summed E-state index contributed by atoms with van der Waals surface area (Å²) in [5, 5.41) is 1.93. The molecule has 0 saturated heterocycles. The molecule has 1 aliphatic heterocycles. The van der Waals surface area contributed by atoms with Crippen LogP contribution in [0.15, 0.2) is 70.9 Å². The second-order valence-corrected chi connectivity index (χ2v) is 8.62. The van der Waals surface area contributed by atoms with Gasteiger partial charge in [0.1, 0.15) is 0 Å². The highest BCUT2D eigenvalue weighted by atomic mass is 32.2. The number of thiophene rings is 1. The van der Waals surface area contributed by atoms with Crippen LogP contribution in [0.5, 0.6) is 0 Å². The molecule has 5 heteroatoms. The minimum Gasteiger partial charge on any atom is -0.268 e. The zero-order chi connectivity index (χ0) is 19.7. The van der Waals surface area contributed by atoms with E-state index in [1.54, 1.807) is 0 Å². The van der Waals surface area contributed by atoms with Gasteiger partial charge in [0.25, 0.3) is 11.8 Å². The summed E-state index contributed by atoms with van der Waals surface area (Å²) in [6.07, 6.45) is 0. The van der Waals surface area contributed by atoms with Gasteiger partial charge in [-0.1, -0.05) is 54.1 Å². The first-order valence-corrected chi connectivity index (χ1v) is 10.8. The van der Waals surface area contributed by atoms with Crippen LogP contribution in [-0.2, 0) is 15.3 Å². The number of benzene rings is 2. The molecule has 0 spiro atoms. The molecule has 0 radical (unpaired) electrons. The summed E-state index contributed by atoms with van der Waals surface area (Å²) in [7, 11) is 0. The molecule has 3 nitrogen and oxygen atoms in total. The van der Waals surface area contributed by atoms with E-state index >= 15 is 0 Å². The van der Waals surface area contributed by atoms with Gasteiger partial charge in [-0.2, -0.15) is 0 Å². The molecular weight excluding hydrogens is 386 g/mol. The van der Waals surface area contributed by atoms with Crippen LogP contribution in [-0.4, -0.2) is 11.8 Å². The molecule has 0 N–H and O–H groups in total. The fourth-order valence-corrected chi connectivity index (χ4v) is 5.18. The quantitative estimate of drug-likeness (QED) is 0.520. The molecule has 0 fully saturated rings. The Balaban J connectivity index is 1.73. The summed E-state index contributed by atoms with van der Waals surface area (Å²) >= 11 is 2.92. The van der Waals surface area contributed by atoms with E-state index in [1.165, 1.54) is 28.0 Å². The molecule has 0 aliphatic carbocycles. The Morgan fingerprint density at radius 2 is 1.71 bits per heavy atom. The van der Waals surface area contributed by atoms with Crippen molar-refractivity contribution < 1.29 is 9.59 Å². The monoisotopic (exact) mass is 405 g/mol. The van der Waals surface area contributed by atoms with E-state index in [0.29, 0.717) is 21.9 Å². The van der Waals surface area contributed by atoms with Gasteiger partial charge >= 0.3 is 0 Å². The highest BCUT2D eigenvalue weighted by Crippen LogP contribution is 2.41. The molecule has 0 saturated carbocycles. The number of hydrogen-bond acceptors (Lipinski definition) is 4. The third kappa shape index (κ3) is 3.43. The van der Waals surface area contributed by atoms with Crippen LogP contribution < -0.4 is 4.90 Å². The number of thioether (sulfide) groups is 1. The SMILES string of the molecule is Cc1ccc(N2C(=O)C(SCc3ccccc3)=C(c3cccs3)C2=O)c(C)c1. The lowest BCUT2D eigenvalue weighted by atomic mass is 10.1. The minimum atomic E-state index is -0.241. The Morgan fingerprint density at radius 1 is 0.929 bits per heavy atom. The zero-order valence-electron chi connectivity index (χ0n) is 15.6. The standard InChI is InChI=1S/C23H19NO2S2/c1-15-10-11-18(16(2)13-15)24-22(25)20(19-9-6-12-27-19)21(23(24)26)28-14-17-7-4-3-5-8-17/h3-13H,14H2,1-2H3. The van der Waals surface area contributed by atoms with Crippen molar-refractivity contribution in [3.63, 3.8) is 0 Å². The molecule has 140 valence electrons. The number of rotatable bonds is 5. The lowest BCUT2D eigenvalue weighted by molar-refractivity contribution is -0.119. The second-order valence-electron chi connectivity index (χ2n) is 6.69. The number of amides is 2. The predicted molar refractivity (Wildman–Crippen MR) is 117 cm³/mol. The van der Waals surface area contributed by atoms with Crippen molar-refractivity contribution in [2.24, 2.45) is 0 Å².